The molecule has 0 unspecified atom stereocenters. The highest BCUT2D eigenvalue weighted by atomic mass is 35.5. The number of carbonyl (C=O) groups excluding carboxylic acids is 1. The fourth-order valence-electron chi connectivity index (χ4n) is 2.10. The Balaban J connectivity index is 1.67. The summed E-state index contributed by atoms with van der Waals surface area (Å²) in [6.45, 7) is 1.26. The van der Waals surface area contributed by atoms with E-state index >= 15 is 0 Å². The zero-order valence-electron chi connectivity index (χ0n) is 11.9. The van der Waals surface area contributed by atoms with Crippen LogP contribution in [0.2, 0.25) is 5.02 Å². The van der Waals surface area contributed by atoms with Crippen molar-refractivity contribution < 1.29 is 14.3 Å². The number of benzene rings is 2. The van der Waals surface area contributed by atoms with Gasteiger partial charge in [0.2, 0.25) is 0 Å². The molecule has 0 saturated carbocycles. The number of thioether (sulfide) groups is 1. The van der Waals surface area contributed by atoms with Crippen molar-refractivity contribution in [1.29, 1.82) is 0 Å². The van der Waals surface area contributed by atoms with Crippen molar-refractivity contribution in [2.24, 2.45) is 0 Å². The molecule has 0 saturated heterocycles. The Morgan fingerprint density at radius 2 is 1.77 bits per heavy atom. The number of hydrogen-bond acceptors (Lipinski definition) is 4. The summed E-state index contributed by atoms with van der Waals surface area (Å²) in [5.41, 5.74) is 0.644. The van der Waals surface area contributed by atoms with Gasteiger partial charge in [0.25, 0.3) is 0 Å². The minimum Gasteiger partial charge on any atom is -0.490 e. The molecular formula is C17H15ClO3S. The van der Waals surface area contributed by atoms with E-state index in [1.54, 1.807) is 18.2 Å². The Morgan fingerprint density at radius 3 is 2.55 bits per heavy atom. The topological polar surface area (TPSA) is 35.5 Å². The first kappa shape index (κ1) is 15.3. The van der Waals surface area contributed by atoms with Crippen molar-refractivity contribution in [3.63, 3.8) is 0 Å². The second kappa shape index (κ2) is 7.07. The number of carbonyl (C=O) groups is 1. The Hall–Kier alpha value is -1.65. The van der Waals surface area contributed by atoms with E-state index in [-0.39, 0.29) is 5.78 Å². The molecule has 5 heteroatoms. The Morgan fingerprint density at radius 1 is 1.05 bits per heavy atom. The van der Waals surface area contributed by atoms with E-state index in [1.165, 1.54) is 11.8 Å². The predicted molar refractivity (Wildman–Crippen MR) is 88.6 cm³/mol. The van der Waals surface area contributed by atoms with Crippen LogP contribution in [0.15, 0.2) is 47.4 Å². The summed E-state index contributed by atoms with van der Waals surface area (Å²) in [7, 11) is 0. The lowest BCUT2D eigenvalue weighted by atomic mass is 10.1. The lowest BCUT2D eigenvalue weighted by Crippen LogP contribution is -2.03. The molecule has 0 amide bonds. The number of halogens is 1. The number of Topliss-reactive ketones (excluding diaryl/α,β-unsaturated/α-hetero) is 1. The van der Waals surface area contributed by atoms with Crippen molar-refractivity contribution in [3.05, 3.63) is 53.1 Å². The molecule has 0 fully saturated rings. The van der Waals surface area contributed by atoms with Gasteiger partial charge in [0.05, 0.1) is 19.0 Å². The van der Waals surface area contributed by atoms with Crippen LogP contribution in [-0.4, -0.2) is 24.7 Å². The summed E-state index contributed by atoms with van der Waals surface area (Å²) in [5, 5.41) is 0.693. The molecule has 0 bridgehead atoms. The lowest BCUT2D eigenvalue weighted by Gasteiger charge is -2.09. The fourth-order valence-corrected chi connectivity index (χ4v) is 3.02. The zero-order valence-corrected chi connectivity index (χ0v) is 13.5. The molecule has 1 heterocycles. The summed E-state index contributed by atoms with van der Waals surface area (Å²) in [6.07, 6.45) is 0.852. The van der Waals surface area contributed by atoms with Crippen LogP contribution in [0.1, 0.15) is 16.8 Å². The largest absolute Gasteiger partial charge is 0.490 e. The molecule has 3 rings (SSSR count). The van der Waals surface area contributed by atoms with Crippen LogP contribution in [0.25, 0.3) is 0 Å². The Kier molecular flexibility index (Phi) is 4.90. The van der Waals surface area contributed by atoms with Gasteiger partial charge in [0, 0.05) is 21.9 Å². The van der Waals surface area contributed by atoms with Gasteiger partial charge >= 0.3 is 0 Å². The van der Waals surface area contributed by atoms with Crippen LogP contribution in [0, 0.1) is 0 Å². The minimum atomic E-state index is 0.0654. The van der Waals surface area contributed by atoms with E-state index in [9.17, 15) is 4.79 Å². The fraction of sp³-hybridized carbons (Fsp3) is 0.235. The van der Waals surface area contributed by atoms with Crippen molar-refractivity contribution in [1.82, 2.24) is 0 Å². The normalized spacial score (nSPS) is 13.5. The molecule has 0 spiro atoms. The average molecular weight is 335 g/mol. The van der Waals surface area contributed by atoms with Gasteiger partial charge in [0.15, 0.2) is 17.3 Å². The quantitative estimate of drug-likeness (QED) is 0.610. The highest BCUT2D eigenvalue weighted by molar-refractivity contribution is 8.00. The molecule has 2 aromatic carbocycles. The van der Waals surface area contributed by atoms with Gasteiger partial charge in [-0.1, -0.05) is 11.6 Å². The molecular weight excluding hydrogens is 320 g/mol. The SMILES string of the molecule is O=C(CSc1ccc(Cl)cc1)c1ccc2c(c1)OCCCO2. The van der Waals surface area contributed by atoms with Crippen molar-refractivity contribution >= 4 is 29.1 Å². The number of rotatable bonds is 4. The van der Waals surface area contributed by atoms with E-state index in [1.807, 2.05) is 24.3 Å². The van der Waals surface area contributed by atoms with Gasteiger partial charge in [-0.15, -0.1) is 11.8 Å². The van der Waals surface area contributed by atoms with Crippen LogP contribution in [-0.2, 0) is 0 Å². The van der Waals surface area contributed by atoms with Crippen molar-refractivity contribution in [2.75, 3.05) is 19.0 Å². The van der Waals surface area contributed by atoms with Gasteiger partial charge in [-0.2, -0.15) is 0 Å². The molecule has 0 N–H and O–H groups in total. The van der Waals surface area contributed by atoms with Crippen molar-refractivity contribution in [3.8, 4) is 11.5 Å². The molecule has 1 aliphatic heterocycles. The second-order valence-electron chi connectivity index (χ2n) is 4.88. The van der Waals surface area contributed by atoms with Crippen LogP contribution >= 0.6 is 23.4 Å². The monoisotopic (exact) mass is 334 g/mol. The van der Waals surface area contributed by atoms with Crippen molar-refractivity contribution in [2.45, 2.75) is 11.3 Å². The van der Waals surface area contributed by atoms with E-state index in [0.29, 0.717) is 41.1 Å². The smallest absolute Gasteiger partial charge is 0.173 e. The van der Waals surface area contributed by atoms with Gasteiger partial charge in [-0.3, -0.25) is 4.79 Å². The first-order valence-corrected chi connectivity index (χ1v) is 8.40. The first-order valence-electron chi connectivity index (χ1n) is 7.03. The number of ketones is 1. The highest BCUT2D eigenvalue weighted by Crippen LogP contribution is 2.31. The van der Waals surface area contributed by atoms with Crippen LogP contribution < -0.4 is 9.47 Å². The zero-order chi connectivity index (χ0) is 15.4. The van der Waals surface area contributed by atoms with E-state index in [0.717, 1.165) is 11.3 Å². The molecule has 0 aliphatic carbocycles. The number of hydrogen-bond donors (Lipinski definition) is 0. The van der Waals surface area contributed by atoms with Crippen LogP contribution in [0.4, 0.5) is 0 Å². The third kappa shape index (κ3) is 3.76. The van der Waals surface area contributed by atoms with Gasteiger partial charge < -0.3 is 9.47 Å². The first-order chi connectivity index (χ1) is 10.7. The van der Waals surface area contributed by atoms with E-state index < -0.39 is 0 Å². The summed E-state index contributed by atoms with van der Waals surface area (Å²) in [6, 6.07) is 12.8. The van der Waals surface area contributed by atoms with Gasteiger partial charge in [0.1, 0.15) is 0 Å². The van der Waals surface area contributed by atoms with Gasteiger partial charge in [-0.05, 0) is 42.5 Å². The molecule has 0 aromatic heterocycles. The summed E-state index contributed by atoms with van der Waals surface area (Å²) in [5.74, 6) is 1.80. The Bertz CT molecular complexity index is 670. The third-order valence-electron chi connectivity index (χ3n) is 3.25. The molecule has 1 aliphatic rings. The van der Waals surface area contributed by atoms with E-state index in [4.69, 9.17) is 21.1 Å². The predicted octanol–water partition coefficient (Wildman–Crippen LogP) is 4.48. The lowest BCUT2D eigenvalue weighted by molar-refractivity contribution is 0.102. The Labute approximate surface area is 138 Å². The molecule has 22 heavy (non-hydrogen) atoms. The average Bonchev–Trinajstić information content (AvgIpc) is 2.78. The summed E-state index contributed by atoms with van der Waals surface area (Å²) >= 11 is 7.34. The van der Waals surface area contributed by atoms with Crippen LogP contribution in [0.3, 0.4) is 0 Å². The van der Waals surface area contributed by atoms with Gasteiger partial charge in [-0.25, -0.2) is 0 Å². The second-order valence-corrected chi connectivity index (χ2v) is 6.36. The van der Waals surface area contributed by atoms with E-state index in [2.05, 4.69) is 0 Å². The maximum atomic E-state index is 12.3. The summed E-state index contributed by atoms with van der Waals surface area (Å²) < 4.78 is 11.2. The standard InChI is InChI=1S/C17H15ClO3S/c18-13-3-5-14(6-4-13)22-11-15(19)12-2-7-16-17(10-12)21-9-1-8-20-16/h2-7,10H,1,8-9,11H2. The maximum absolute atomic E-state index is 12.3. The maximum Gasteiger partial charge on any atom is 0.173 e. The molecule has 3 nitrogen and oxygen atoms in total. The molecule has 0 atom stereocenters. The molecule has 2 aromatic rings. The molecule has 114 valence electrons. The third-order valence-corrected chi connectivity index (χ3v) is 4.52. The number of ether oxygens (including phenoxy) is 2. The highest BCUT2D eigenvalue weighted by Gasteiger charge is 2.14. The molecule has 0 radical (unpaired) electrons. The minimum absolute atomic E-state index is 0.0654. The summed E-state index contributed by atoms with van der Waals surface area (Å²) in [4.78, 5) is 13.3. The van der Waals surface area contributed by atoms with Crippen LogP contribution in [0.5, 0.6) is 11.5 Å². The number of fused-ring (bicyclic) bond motifs is 1.